The number of guanidine groups is 1. The molecule has 1 aromatic heterocycles. The van der Waals surface area contributed by atoms with Crippen molar-refractivity contribution in [3.63, 3.8) is 0 Å². The van der Waals surface area contributed by atoms with Crippen molar-refractivity contribution in [1.82, 2.24) is 15.6 Å². The van der Waals surface area contributed by atoms with Crippen LogP contribution in [-0.4, -0.2) is 18.0 Å². The molecule has 0 aliphatic rings. The van der Waals surface area contributed by atoms with Crippen LogP contribution in [0.1, 0.15) is 34.0 Å². The van der Waals surface area contributed by atoms with E-state index in [1.165, 1.54) is 0 Å². The summed E-state index contributed by atoms with van der Waals surface area (Å²) in [7, 11) is 1.72. The predicted octanol–water partition coefficient (Wildman–Crippen LogP) is 3.94. The Hall–Kier alpha value is -1.22. The van der Waals surface area contributed by atoms with E-state index in [0.29, 0.717) is 18.1 Å². The first kappa shape index (κ1) is 19.8. The van der Waals surface area contributed by atoms with Gasteiger partial charge in [0.05, 0.1) is 17.6 Å². The standard InChI is InChI=1S/C16H21FN4S.HI/c1-10-5-6-13(7-15(10)17)11(2)21-16(18-4)20-9-14-8-19-12(3)22-14;/h5-8,11H,9H2,1-4H3,(H2,18,20,21);1H. The van der Waals surface area contributed by atoms with Crippen LogP contribution in [0, 0.1) is 19.7 Å². The fourth-order valence-corrected chi connectivity index (χ4v) is 2.75. The Morgan fingerprint density at radius 1 is 1.39 bits per heavy atom. The van der Waals surface area contributed by atoms with Crippen molar-refractivity contribution in [2.24, 2.45) is 4.99 Å². The molecule has 2 rings (SSSR count). The number of rotatable bonds is 4. The van der Waals surface area contributed by atoms with E-state index in [1.807, 2.05) is 26.1 Å². The third-order valence-corrected chi connectivity index (χ3v) is 4.28. The molecule has 2 N–H and O–H groups in total. The smallest absolute Gasteiger partial charge is 0.191 e. The number of nitrogens with one attached hydrogen (secondary N) is 2. The van der Waals surface area contributed by atoms with E-state index < -0.39 is 0 Å². The highest BCUT2D eigenvalue weighted by Crippen LogP contribution is 2.16. The number of benzene rings is 1. The Kier molecular flexibility index (Phi) is 7.90. The molecule has 0 saturated heterocycles. The minimum Gasteiger partial charge on any atom is -0.351 e. The second-order valence-corrected chi connectivity index (χ2v) is 6.47. The summed E-state index contributed by atoms with van der Waals surface area (Å²) in [5.74, 6) is 0.494. The van der Waals surface area contributed by atoms with Crippen LogP contribution in [0.4, 0.5) is 4.39 Å². The molecular formula is C16H22FIN4S. The van der Waals surface area contributed by atoms with Crippen LogP contribution >= 0.6 is 35.3 Å². The van der Waals surface area contributed by atoms with Gasteiger partial charge >= 0.3 is 0 Å². The van der Waals surface area contributed by atoms with Gasteiger partial charge < -0.3 is 10.6 Å². The molecule has 1 aromatic carbocycles. The normalized spacial score (nSPS) is 12.5. The average Bonchev–Trinajstić information content (AvgIpc) is 2.91. The van der Waals surface area contributed by atoms with Gasteiger partial charge in [0, 0.05) is 18.1 Å². The van der Waals surface area contributed by atoms with Crippen LogP contribution in [0.15, 0.2) is 29.4 Å². The summed E-state index contributed by atoms with van der Waals surface area (Å²) in [6, 6.07) is 5.24. The Morgan fingerprint density at radius 2 is 2.13 bits per heavy atom. The van der Waals surface area contributed by atoms with Gasteiger partial charge in [0.15, 0.2) is 5.96 Å². The number of hydrogen-bond donors (Lipinski definition) is 2. The van der Waals surface area contributed by atoms with E-state index in [4.69, 9.17) is 0 Å². The molecule has 4 nitrogen and oxygen atoms in total. The Labute approximate surface area is 157 Å². The van der Waals surface area contributed by atoms with Crippen LogP contribution in [0.25, 0.3) is 0 Å². The lowest BCUT2D eigenvalue weighted by Crippen LogP contribution is -2.38. The van der Waals surface area contributed by atoms with Crippen molar-refractivity contribution in [3.8, 4) is 0 Å². The van der Waals surface area contributed by atoms with E-state index in [1.54, 1.807) is 37.4 Å². The molecule has 126 valence electrons. The Morgan fingerprint density at radius 3 is 2.70 bits per heavy atom. The zero-order valence-corrected chi connectivity index (χ0v) is 16.8. The summed E-state index contributed by atoms with van der Waals surface area (Å²) in [5.41, 5.74) is 1.54. The van der Waals surface area contributed by atoms with E-state index in [9.17, 15) is 4.39 Å². The van der Waals surface area contributed by atoms with Gasteiger partial charge in [-0.2, -0.15) is 0 Å². The first-order valence-electron chi connectivity index (χ1n) is 7.14. The van der Waals surface area contributed by atoms with Gasteiger partial charge in [-0.05, 0) is 38.0 Å². The van der Waals surface area contributed by atoms with Gasteiger partial charge in [-0.25, -0.2) is 9.37 Å². The van der Waals surface area contributed by atoms with Crippen LogP contribution in [0.5, 0.6) is 0 Å². The first-order chi connectivity index (χ1) is 10.5. The van der Waals surface area contributed by atoms with E-state index >= 15 is 0 Å². The van der Waals surface area contributed by atoms with Gasteiger partial charge in [-0.1, -0.05) is 12.1 Å². The molecule has 0 fully saturated rings. The zero-order valence-electron chi connectivity index (χ0n) is 13.7. The number of nitrogens with zero attached hydrogens (tertiary/aromatic N) is 2. The molecule has 0 radical (unpaired) electrons. The maximum absolute atomic E-state index is 13.7. The van der Waals surface area contributed by atoms with Crippen molar-refractivity contribution in [3.05, 3.63) is 51.2 Å². The van der Waals surface area contributed by atoms with Crippen LogP contribution in [0.2, 0.25) is 0 Å². The fraction of sp³-hybridized carbons (Fsp3) is 0.375. The molecule has 23 heavy (non-hydrogen) atoms. The molecule has 7 heteroatoms. The second kappa shape index (κ2) is 9.17. The quantitative estimate of drug-likeness (QED) is 0.423. The maximum Gasteiger partial charge on any atom is 0.191 e. The van der Waals surface area contributed by atoms with Crippen molar-refractivity contribution in [2.75, 3.05) is 7.05 Å². The van der Waals surface area contributed by atoms with Crippen molar-refractivity contribution in [2.45, 2.75) is 33.4 Å². The van der Waals surface area contributed by atoms with Gasteiger partial charge in [0.25, 0.3) is 0 Å². The van der Waals surface area contributed by atoms with E-state index in [0.717, 1.165) is 15.4 Å². The molecule has 0 aliphatic carbocycles. The third kappa shape index (κ3) is 5.72. The SMILES string of the molecule is CN=C(NCc1cnc(C)s1)NC(C)c1ccc(C)c(F)c1.I. The largest absolute Gasteiger partial charge is 0.351 e. The zero-order chi connectivity index (χ0) is 16.1. The topological polar surface area (TPSA) is 49.3 Å². The molecule has 0 saturated carbocycles. The molecule has 0 aliphatic heterocycles. The lowest BCUT2D eigenvalue weighted by atomic mass is 10.1. The lowest BCUT2D eigenvalue weighted by molar-refractivity contribution is 0.607. The van der Waals surface area contributed by atoms with Gasteiger partial charge in [-0.3, -0.25) is 4.99 Å². The number of halogens is 2. The van der Waals surface area contributed by atoms with Crippen molar-refractivity contribution >= 4 is 41.3 Å². The summed E-state index contributed by atoms with van der Waals surface area (Å²) >= 11 is 1.65. The highest BCUT2D eigenvalue weighted by molar-refractivity contribution is 14.0. The van der Waals surface area contributed by atoms with E-state index in [-0.39, 0.29) is 35.8 Å². The van der Waals surface area contributed by atoms with Gasteiger partial charge in [0.2, 0.25) is 0 Å². The minimum atomic E-state index is -0.186. The highest BCUT2D eigenvalue weighted by atomic mass is 127. The van der Waals surface area contributed by atoms with Crippen LogP contribution < -0.4 is 10.6 Å². The molecule has 0 bridgehead atoms. The molecular weight excluding hydrogens is 426 g/mol. The summed E-state index contributed by atoms with van der Waals surface area (Å²) < 4.78 is 13.7. The highest BCUT2D eigenvalue weighted by Gasteiger charge is 2.10. The number of hydrogen-bond acceptors (Lipinski definition) is 3. The number of aromatic nitrogens is 1. The summed E-state index contributed by atoms with van der Waals surface area (Å²) in [5, 5.41) is 7.55. The first-order valence-corrected chi connectivity index (χ1v) is 7.95. The third-order valence-electron chi connectivity index (χ3n) is 3.37. The van der Waals surface area contributed by atoms with Gasteiger partial charge in [0.1, 0.15) is 5.82 Å². The Balaban J connectivity index is 0.00000264. The summed E-state index contributed by atoms with van der Waals surface area (Å²) in [4.78, 5) is 9.57. The molecule has 1 heterocycles. The Bertz CT molecular complexity index is 672. The number of aliphatic imine (C=N–C) groups is 1. The molecule has 0 amide bonds. The van der Waals surface area contributed by atoms with Crippen LogP contribution in [-0.2, 0) is 6.54 Å². The second-order valence-electron chi connectivity index (χ2n) is 5.15. The summed E-state index contributed by atoms with van der Waals surface area (Å²) in [6.45, 7) is 6.39. The minimum absolute atomic E-state index is 0. The fourth-order valence-electron chi connectivity index (χ4n) is 2.02. The molecule has 2 aromatic rings. The number of thiazole rings is 1. The van der Waals surface area contributed by atoms with Gasteiger partial charge in [-0.15, -0.1) is 35.3 Å². The predicted molar refractivity (Wildman–Crippen MR) is 105 cm³/mol. The molecule has 1 atom stereocenters. The van der Waals surface area contributed by atoms with Crippen LogP contribution in [0.3, 0.4) is 0 Å². The average molecular weight is 448 g/mol. The number of aryl methyl sites for hydroxylation is 2. The van der Waals surface area contributed by atoms with E-state index in [2.05, 4.69) is 20.6 Å². The molecule has 1 unspecified atom stereocenters. The summed E-state index contributed by atoms with van der Waals surface area (Å²) in [6.07, 6.45) is 1.86. The molecule has 0 spiro atoms. The maximum atomic E-state index is 13.7. The van der Waals surface area contributed by atoms with Crippen molar-refractivity contribution in [1.29, 1.82) is 0 Å². The van der Waals surface area contributed by atoms with Crippen molar-refractivity contribution < 1.29 is 4.39 Å². The lowest BCUT2D eigenvalue weighted by Gasteiger charge is -2.18. The monoisotopic (exact) mass is 448 g/mol.